The van der Waals surface area contributed by atoms with Gasteiger partial charge in [0.1, 0.15) is 10.7 Å². The third-order valence-electron chi connectivity index (χ3n) is 2.66. The van der Waals surface area contributed by atoms with E-state index >= 15 is 0 Å². The highest BCUT2D eigenvalue weighted by Crippen LogP contribution is 2.20. The van der Waals surface area contributed by atoms with Crippen molar-refractivity contribution < 1.29 is 17.5 Å². The molecule has 0 aliphatic carbocycles. The Labute approximate surface area is 100 Å². The minimum Gasteiger partial charge on any atom is -0.376 e. The number of sulfonamides is 1. The first-order valence-electron chi connectivity index (χ1n) is 5.38. The summed E-state index contributed by atoms with van der Waals surface area (Å²) < 4.78 is 44.4. The fraction of sp³-hybridized carbons (Fsp3) is 0.455. The molecule has 6 heteroatoms. The Balaban J connectivity index is 2.33. The quantitative estimate of drug-likeness (QED) is 0.802. The van der Waals surface area contributed by atoms with Gasteiger partial charge in [-0.2, -0.15) is 4.31 Å². The van der Waals surface area contributed by atoms with Crippen LogP contribution in [0.1, 0.15) is 6.92 Å². The molecule has 0 spiro atoms. The highest BCUT2D eigenvalue weighted by Gasteiger charge is 2.30. The van der Waals surface area contributed by atoms with E-state index in [9.17, 15) is 12.8 Å². The SMILES string of the molecule is CC1CN(S(=O)(=O)c2ccccc2F)CCO1. The minimum absolute atomic E-state index is 0.162. The van der Waals surface area contributed by atoms with Crippen LogP contribution in [0.3, 0.4) is 0 Å². The van der Waals surface area contributed by atoms with Crippen molar-refractivity contribution in [2.24, 2.45) is 0 Å². The molecule has 1 aromatic carbocycles. The molecule has 2 rings (SSSR count). The number of hydrogen-bond donors (Lipinski definition) is 0. The van der Waals surface area contributed by atoms with Crippen molar-refractivity contribution in [2.75, 3.05) is 19.7 Å². The van der Waals surface area contributed by atoms with Gasteiger partial charge in [0.2, 0.25) is 10.0 Å². The summed E-state index contributed by atoms with van der Waals surface area (Å²) in [7, 11) is -3.75. The molecular weight excluding hydrogens is 245 g/mol. The summed E-state index contributed by atoms with van der Waals surface area (Å²) >= 11 is 0. The summed E-state index contributed by atoms with van der Waals surface area (Å²) in [5.74, 6) is -0.716. The molecule has 1 atom stereocenters. The first kappa shape index (κ1) is 12.5. The normalized spacial score (nSPS) is 22.6. The predicted octanol–water partition coefficient (Wildman–Crippen LogP) is 1.24. The van der Waals surface area contributed by atoms with Gasteiger partial charge in [-0.15, -0.1) is 0 Å². The highest BCUT2D eigenvalue weighted by molar-refractivity contribution is 7.89. The second-order valence-corrected chi connectivity index (χ2v) is 5.88. The molecule has 17 heavy (non-hydrogen) atoms. The Hall–Kier alpha value is -0.980. The average Bonchev–Trinajstić information content (AvgIpc) is 2.29. The number of nitrogens with zero attached hydrogens (tertiary/aromatic N) is 1. The van der Waals surface area contributed by atoms with E-state index in [0.29, 0.717) is 6.61 Å². The van der Waals surface area contributed by atoms with Gasteiger partial charge in [0.05, 0.1) is 12.7 Å². The lowest BCUT2D eigenvalue weighted by atomic mass is 10.3. The fourth-order valence-electron chi connectivity index (χ4n) is 1.80. The number of rotatable bonds is 2. The maximum absolute atomic E-state index is 13.5. The van der Waals surface area contributed by atoms with E-state index in [1.165, 1.54) is 22.5 Å². The third kappa shape index (κ3) is 2.48. The highest BCUT2D eigenvalue weighted by atomic mass is 32.2. The molecule has 1 aliphatic rings. The molecule has 94 valence electrons. The van der Waals surface area contributed by atoms with E-state index in [1.807, 2.05) is 0 Å². The van der Waals surface area contributed by atoms with Gasteiger partial charge in [-0.25, -0.2) is 12.8 Å². The van der Waals surface area contributed by atoms with E-state index in [4.69, 9.17) is 4.74 Å². The maximum Gasteiger partial charge on any atom is 0.246 e. The molecule has 1 saturated heterocycles. The lowest BCUT2D eigenvalue weighted by Gasteiger charge is -2.30. The molecule has 1 unspecified atom stereocenters. The number of halogens is 1. The first-order chi connectivity index (χ1) is 8.01. The summed E-state index contributed by atoms with van der Waals surface area (Å²) in [5, 5.41) is 0. The van der Waals surface area contributed by atoms with Crippen LogP contribution in [0.15, 0.2) is 29.2 Å². The van der Waals surface area contributed by atoms with Crippen molar-refractivity contribution in [2.45, 2.75) is 17.9 Å². The summed E-state index contributed by atoms with van der Waals surface area (Å²) in [4.78, 5) is -0.269. The zero-order valence-corrected chi connectivity index (χ0v) is 10.3. The molecule has 0 N–H and O–H groups in total. The monoisotopic (exact) mass is 259 g/mol. The maximum atomic E-state index is 13.5. The van der Waals surface area contributed by atoms with Gasteiger partial charge in [0, 0.05) is 13.1 Å². The zero-order chi connectivity index (χ0) is 12.5. The molecule has 0 saturated carbocycles. The van der Waals surface area contributed by atoms with E-state index < -0.39 is 15.8 Å². The van der Waals surface area contributed by atoms with Crippen LogP contribution in [0.25, 0.3) is 0 Å². The van der Waals surface area contributed by atoms with Gasteiger partial charge in [-0.3, -0.25) is 0 Å². The van der Waals surface area contributed by atoms with Crippen molar-refractivity contribution in [3.8, 4) is 0 Å². The van der Waals surface area contributed by atoms with Crippen molar-refractivity contribution in [3.63, 3.8) is 0 Å². The van der Waals surface area contributed by atoms with Crippen molar-refractivity contribution >= 4 is 10.0 Å². The van der Waals surface area contributed by atoms with Crippen LogP contribution in [0.4, 0.5) is 4.39 Å². The lowest BCUT2D eigenvalue weighted by molar-refractivity contribution is 0.0101. The molecular formula is C11H14FNO3S. The first-order valence-corrected chi connectivity index (χ1v) is 6.82. The Morgan fingerprint density at radius 3 is 2.76 bits per heavy atom. The third-order valence-corrected chi connectivity index (χ3v) is 4.56. The Kier molecular flexibility index (Phi) is 3.46. The number of ether oxygens (including phenoxy) is 1. The Morgan fingerprint density at radius 2 is 2.12 bits per heavy atom. The van der Waals surface area contributed by atoms with Crippen LogP contribution in [0.2, 0.25) is 0 Å². The summed E-state index contributed by atoms with van der Waals surface area (Å²) in [6.45, 7) is 2.66. The summed E-state index contributed by atoms with van der Waals surface area (Å²) in [6, 6.07) is 5.41. The van der Waals surface area contributed by atoms with Crippen LogP contribution in [0.5, 0.6) is 0 Å². The summed E-state index contributed by atoms with van der Waals surface area (Å²) in [5.41, 5.74) is 0. The zero-order valence-electron chi connectivity index (χ0n) is 9.47. The molecule has 0 amide bonds. The summed E-state index contributed by atoms with van der Waals surface area (Å²) in [6.07, 6.45) is -0.162. The van der Waals surface area contributed by atoms with Gasteiger partial charge >= 0.3 is 0 Å². The van der Waals surface area contributed by atoms with Crippen molar-refractivity contribution in [1.29, 1.82) is 0 Å². The molecule has 0 aromatic heterocycles. The van der Waals surface area contributed by atoms with Crippen LogP contribution in [-0.2, 0) is 14.8 Å². The standard InChI is InChI=1S/C11H14FNO3S/c1-9-8-13(6-7-16-9)17(14,15)11-5-3-2-4-10(11)12/h2-5,9H,6-8H2,1H3. The van der Waals surface area contributed by atoms with Crippen LogP contribution >= 0.6 is 0 Å². The van der Waals surface area contributed by atoms with E-state index in [1.54, 1.807) is 6.92 Å². The topological polar surface area (TPSA) is 46.6 Å². The fourth-order valence-corrected chi connectivity index (χ4v) is 3.36. The average molecular weight is 259 g/mol. The smallest absolute Gasteiger partial charge is 0.246 e. The van der Waals surface area contributed by atoms with E-state index in [0.717, 1.165) is 6.07 Å². The number of morpholine rings is 1. The second-order valence-electron chi connectivity index (χ2n) is 3.97. The van der Waals surface area contributed by atoms with Crippen LogP contribution in [-0.4, -0.2) is 38.5 Å². The van der Waals surface area contributed by atoms with Crippen molar-refractivity contribution in [3.05, 3.63) is 30.1 Å². The van der Waals surface area contributed by atoms with E-state index in [-0.39, 0.29) is 24.1 Å². The Bertz CT molecular complexity index is 503. The van der Waals surface area contributed by atoms with Gasteiger partial charge in [0.25, 0.3) is 0 Å². The lowest BCUT2D eigenvalue weighted by Crippen LogP contribution is -2.44. The van der Waals surface area contributed by atoms with Gasteiger partial charge in [-0.05, 0) is 19.1 Å². The van der Waals surface area contributed by atoms with Crippen LogP contribution < -0.4 is 0 Å². The largest absolute Gasteiger partial charge is 0.376 e. The minimum atomic E-state index is -3.75. The number of benzene rings is 1. The number of hydrogen-bond acceptors (Lipinski definition) is 3. The molecule has 4 nitrogen and oxygen atoms in total. The molecule has 1 heterocycles. The molecule has 0 radical (unpaired) electrons. The molecule has 0 bridgehead atoms. The Morgan fingerprint density at radius 1 is 1.41 bits per heavy atom. The van der Waals surface area contributed by atoms with Crippen LogP contribution in [0, 0.1) is 5.82 Å². The van der Waals surface area contributed by atoms with Gasteiger partial charge in [-0.1, -0.05) is 12.1 Å². The van der Waals surface area contributed by atoms with E-state index in [2.05, 4.69) is 0 Å². The van der Waals surface area contributed by atoms with Gasteiger partial charge < -0.3 is 4.74 Å². The molecule has 1 fully saturated rings. The van der Waals surface area contributed by atoms with Crippen molar-refractivity contribution in [1.82, 2.24) is 4.31 Å². The molecule has 1 aromatic rings. The molecule has 1 aliphatic heterocycles. The van der Waals surface area contributed by atoms with Gasteiger partial charge in [0.15, 0.2) is 0 Å². The second kappa shape index (κ2) is 4.72. The predicted molar refractivity (Wildman–Crippen MR) is 60.6 cm³/mol.